The van der Waals surface area contributed by atoms with E-state index in [2.05, 4.69) is 4.98 Å². The largest absolute Gasteiger partial charge is 0.472 e. The normalized spacial score (nSPS) is 20.4. The Labute approximate surface area is 156 Å². The maximum absolute atomic E-state index is 12.9. The highest BCUT2D eigenvalue weighted by Crippen LogP contribution is 2.39. The smallest absolute Gasteiger partial charge is 0.366 e. The molecule has 27 heavy (non-hydrogen) atoms. The number of rotatable bonds is 4. The van der Waals surface area contributed by atoms with Crippen molar-refractivity contribution in [1.82, 2.24) is 4.98 Å². The summed E-state index contributed by atoms with van der Waals surface area (Å²) in [6.45, 7) is 4.69. The first kappa shape index (κ1) is 19.1. The fraction of sp³-hybridized carbons (Fsp3) is 0.611. The number of carbonyl (C=O) groups excluding carboxylic acids is 2. The summed E-state index contributed by atoms with van der Waals surface area (Å²) in [5.74, 6) is -1.31. The molecule has 0 spiro atoms. The average Bonchev–Trinajstić information content (AvgIpc) is 2.62. The molecule has 1 fully saturated rings. The Bertz CT molecular complexity index is 772. The fourth-order valence-electron chi connectivity index (χ4n) is 3.39. The van der Waals surface area contributed by atoms with Crippen LogP contribution in [0, 0.1) is 10.1 Å². The average molecular weight is 377 g/mol. The first-order chi connectivity index (χ1) is 12.7. The summed E-state index contributed by atoms with van der Waals surface area (Å²) in [7, 11) is 0. The van der Waals surface area contributed by atoms with Gasteiger partial charge in [0.25, 0.3) is 11.7 Å². The van der Waals surface area contributed by atoms with Gasteiger partial charge in [-0.2, -0.15) is 0 Å². The van der Waals surface area contributed by atoms with E-state index in [4.69, 9.17) is 9.47 Å². The summed E-state index contributed by atoms with van der Waals surface area (Å²) in [4.78, 5) is 41.1. The summed E-state index contributed by atoms with van der Waals surface area (Å²) in [6.07, 6.45) is 4.60. The van der Waals surface area contributed by atoms with Gasteiger partial charge in [-0.25, -0.2) is 4.79 Å². The van der Waals surface area contributed by atoms with Gasteiger partial charge >= 0.3 is 11.8 Å². The molecule has 1 aromatic rings. The van der Waals surface area contributed by atoms with Gasteiger partial charge in [-0.15, -0.1) is 0 Å². The number of carbonyl (C=O) groups is 2. The van der Waals surface area contributed by atoms with E-state index < -0.39 is 34.3 Å². The highest BCUT2D eigenvalue weighted by molar-refractivity contribution is 6.05. The van der Waals surface area contributed by atoms with Crippen LogP contribution in [0.5, 0.6) is 5.75 Å². The minimum atomic E-state index is -1.23. The Kier molecular flexibility index (Phi) is 5.03. The lowest BCUT2D eigenvalue weighted by Crippen LogP contribution is -2.58. The number of pyridine rings is 1. The molecular formula is C18H23N3O6. The monoisotopic (exact) mass is 377 g/mol. The van der Waals surface area contributed by atoms with Gasteiger partial charge in [-0.05, 0) is 62.4 Å². The first-order valence-corrected chi connectivity index (χ1v) is 9.09. The van der Waals surface area contributed by atoms with Gasteiger partial charge in [0.1, 0.15) is 12.1 Å². The minimum absolute atomic E-state index is 0.0402. The number of amides is 1. The van der Waals surface area contributed by atoms with E-state index in [1.807, 2.05) is 0 Å². The molecule has 1 aliphatic carbocycles. The van der Waals surface area contributed by atoms with E-state index in [9.17, 15) is 19.7 Å². The van der Waals surface area contributed by atoms with E-state index in [1.165, 1.54) is 19.1 Å². The molecule has 0 bridgehead atoms. The molecule has 1 atom stereocenters. The third-order valence-electron chi connectivity index (χ3n) is 4.90. The second-order valence-corrected chi connectivity index (χ2v) is 7.41. The zero-order valence-electron chi connectivity index (χ0n) is 15.6. The van der Waals surface area contributed by atoms with Crippen LogP contribution in [0.2, 0.25) is 0 Å². The number of ether oxygens (including phenoxy) is 2. The third kappa shape index (κ3) is 3.72. The van der Waals surface area contributed by atoms with Gasteiger partial charge in [-0.1, -0.05) is 6.42 Å². The number of anilines is 1. The number of nitrogens with zero attached hydrogens (tertiary/aromatic N) is 3. The van der Waals surface area contributed by atoms with E-state index in [-0.39, 0.29) is 17.7 Å². The molecule has 1 aliphatic heterocycles. The molecule has 0 radical (unpaired) electrons. The molecule has 0 aromatic carbocycles. The van der Waals surface area contributed by atoms with Crippen molar-refractivity contribution in [3.63, 3.8) is 0 Å². The number of hydrogen-bond donors (Lipinski definition) is 0. The van der Waals surface area contributed by atoms with E-state index in [1.54, 1.807) is 13.8 Å². The Hall–Kier alpha value is -2.71. The molecule has 0 saturated heterocycles. The van der Waals surface area contributed by atoms with E-state index >= 15 is 0 Å². The second kappa shape index (κ2) is 7.13. The Morgan fingerprint density at radius 1 is 1.37 bits per heavy atom. The predicted molar refractivity (Wildman–Crippen MR) is 95.5 cm³/mol. The van der Waals surface area contributed by atoms with Gasteiger partial charge in [0.2, 0.25) is 0 Å². The summed E-state index contributed by atoms with van der Waals surface area (Å²) in [5.41, 5.74) is -1.23. The fourth-order valence-corrected chi connectivity index (χ4v) is 3.39. The zero-order valence-corrected chi connectivity index (χ0v) is 15.6. The van der Waals surface area contributed by atoms with Crippen LogP contribution in [-0.4, -0.2) is 39.5 Å². The van der Waals surface area contributed by atoms with Crippen LogP contribution >= 0.6 is 0 Å². The molecule has 1 saturated carbocycles. The summed E-state index contributed by atoms with van der Waals surface area (Å²) in [5, 5.41) is 11.1. The van der Waals surface area contributed by atoms with Gasteiger partial charge in [-0.3, -0.25) is 9.69 Å². The van der Waals surface area contributed by atoms with Crippen LogP contribution < -0.4 is 9.64 Å². The minimum Gasteiger partial charge on any atom is -0.472 e. The van der Waals surface area contributed by atoms with Crippen LogP contribution in [0.4, 0.5) is 11.6 Å². The standard InChI is InChI=1S/C18H23N3O6/c1-11(16(22)26-12-7-5-4-6-8-12)20-15-13(27-18(2,3)17(20)23)9-10-14(19-15)21(24)25/h9-12H,4-8H2,1-3H3. The van der Waals surface area contributed by atoms with Crippen molar-refractivity contribution < 1.29 is 24.0 Å². The van der Waals surface area contributed by atoms with Crippen molar-refractivity contribution >= 4 is 23.5 Å². The maximum atomic E-state index is 12.9. The van der Waals surface area contributed by atoms with Crippen molar-refractivity contribution in [2.24, 2.45) is 0 Å². The molecule has 146 valence electrons. The quantitative estimate of drug-likeness (QED) is 0.450. The van der Waals surface area contributed by atoms with Crippen LogP contribution in [0.15, 0.2) is 12.1 Å². The molecule has 9 heteroatoms. The van der Waals surface area contributed by atoms with E-state index in [0.29, 0.717) is 0 Å². The third-order valence-corrected chi connectivity index (χ3v) is 4.90. The van der Waals surface area contributed by atoms with Crippen LogP contribution in [0.3, 0.4) is 0 Å². The summed E-state index contributed by atoms with van der Waals surface area (Å²) in [6, 6.07) is 1.62. The Balaban J connectivity index is 1.92. The van der Waals surface area contributed by atoms with Gasteiger partial charge in [0, 0.05) is 6.07 Å². The summed E-state index contributed by atoms with van der Waals surface area (Å²) >= 11 is 0. The Morgan fingerprint density at radius 3 is 2.67 bits per heavy atom. The lowest BCUT2D eigenvalue weighted by atomic mass is 9.98. The SMILES string of the molecule is CC(C(=O)OC1CCCCC1)N1C(=O)C(C)(C)Oc2ccc([N+](=O)[O-])nc21. The first-order valence-electron chi connectivity index (χ1n) is 9.09. The molecule has 3 rings (SSSR count). The van der Waals surface area contributed by atoms with Crippen LogP contribution in [-0.2, 0) is 14.3 Å². The number of nitro groups is 1. The lowest BCUT2D eigenvalue weighted by molar-refractivity contribution is -0.389. The van der Waals surface area contributed by atoms with Crippen molar-refractivity contribution in [1.29, 1.82) is 0 Å². The molecule has 9 nitrogen and oxygen atoms in total. The van der Waals surface area contributed by atoms with Crippen LogP contribution in [0.25, 0.3) is 0 Å². The highest BCUT2D eigenvalue weighted by Gasteiger charge is 2.48. The maximum Gasteiger partial charge on any atom is 0.366 e. The van der Waals surface area contributed by atoms with Crippen molar-refractivity contribution in [2.45, 2.75) is 70.6 Å². The highest BCUT2D eigenvalue weighted by atomic mass is 16.6. The van der Waals surface area contributed by atoms with Gasteiger partial charge in [0.15, 0.2) is 11.4 Å². The molecule has 2 aliphatic rings. The van der Waals surface area contributed by atoms with Crippen molar-refractivity contribution in [3.8, 4) is 5.75 Å². The van der Waals surface area contributed by atoms with E-state index in [0.717, 1.165) is 37.0 Å². The lowest BCUT2D eigenvalue weighted by Gasteiger charge is -2.38. The molecule has 1 unspecified atom stereocenters. The number of esters is 1. The van der Waals surface area contributed by atoms with Crippen molar-refractivity contribution in [3.05, 3.63) is 22.2 Å². The number of hydrogen-bond acceptors (Lipinski definition) is 7. The number of fused-ring (bicyclic) bond motifs is 1. The molecule has 1 aromatic heterocycles. The van der Waals surface area contributed by atoms with Gasteiger partial charge in [0.05, 0.1) is 0 Å². The molecule has 0 N–H and O–H groups in total. The molecule has 2 heterocycles. The van der Waals surface area contributed by atoms with Crippen molar-refractivity contribution in [2.75, 3.05) is 4.90 Å². The Morgan fingerprint density at radius 2 is 2.04 bits per heavy atom. The van der Waals surface area contributed by atoms with Gasteiger partial charge < -0.3 is 19.6 Å². The molecular weight excluding hydrogens is 354 g/mol. The molecule has 1 amide bonds. The zero-order chi connectivity index (χ0) is 19.8. The number of aromatic nitrogens is 1. The summed E-state index contributed by atoms with van der Waals surface area (Å²) < 4.78 is 11.2. The van der Waals surface area contributed by atoms with Crippen LogP contribution in [0.1, 0.15) is 52.9 Å². The second-order valence-electron chi connectivity index (χ2n) is 7.41. The topological polar surface area (TPSA) is 112 Å². The predicted octanol–water partition coefficient (Wildman–Crippen LogP) is 2.76.